The molecule has 9 heteroatoms. The minimum absolute atomic E-state index is 0.0505. The van der Waals surface area contributed by atoms with Crippen LogP contribution in [0.15, 0.2) is 41.2 Å². The Bertz CT molecular complexity index is 1270. The average Bonchev–Trinajstić information content (AvgIpc) is 2.97. The van der Waals surface area contributed by atoms with Crippen LogP contribution in [0.2, 0.25) is 0 Å². The summed E-state index contributed by atoms with van der Waals surface area (Å²) >= 11 is 1.12. The molecular weight excluding hydrogens is 434 g/mol. The van der Waals surface area contributed by atoms with E-state index in [9.17, 15) is 18.0 Å². The molecule has 0 radical (unpaired) electrons. The van der Waals surface area contributed by atoms with Gasteiger partial charge < -0.3 is 5.32 Å². The molecule has 3 aromatic rings. The molecule has 166 valence electrons. The van der Waals surface area contributed by atoms with Gasteiger partial charge in [-0.1, -0.05) is 24.3 Å². The molecule has 31 heavy (non-hydrogen) atoms. The molecule has 0 fully saturated rings. The van der Waals surface area contributed by atoms with E-state index in [4.69, 9.17) is 0 Å². The number of benzene rings is 2. The Morgan fingerprint density at radius 1 is 1.13 bits per heavy atom. The first-order chi connectivity index (χ1) is 14.5. The van der Waals surface area contributed by atoms with Gasteiger partial charge in [-0.3, -0.25) is 18.5 Å². The van der Waals surface area contributed by atoms with Gasteiger partial charge >= 0.3 is 4.87 Å². The summed E-state index contributed by atoms with van der Waals surface area (Å²) in [4.78, 5) is 25.2. The van der Waals surface area contributed by atoms with Crippen molar-refractivity contribution < 1.29 is 13.2 Å². The van der Waals surface area contributed by atoms with Crippen LogP contribution in [0.25, 0.3) is 10.2 Å². The lowest BCUT2D eigenvalue weighted by Gasteiger charge is -2.30. The molecule has 0 saturated heterocycles. The van der Waals surface area contributed by atoms with Crippen LogP contribution in [0.1, 0.15) is 31.4 Å². The van der Waals surface area contributed by atoms with E-state index >= 15 is 0 Å². The Morgan fingerprint density at radius 2 is 1.77 bits per heavy atom. The summed E-state index contributed by atoms with van der Waals surface area (Å²) in [6, 6.07) is 9.85. The predicted octanol–water partition coefficient (Wildman–Crippen LogP) is 3.88. The van der Waals surface area contributed by atoms with Crippen LogP contribution in [-0.2, 0) is 21.4 Å². The number of hydrogen-bond acceptors (Lipinski definition) is 5. The van der Waals surface area contributed by atoms with Crippen molar-refractivity contribution in [1.82, 2.24) is 4.57 Å². The van der Waals surface area contributed by atoms with E-state index in [0.717, 1.165) is 38.9 Å². The third kappa shape index (κ3) is 4.83. The lowest BCUT2D eigenvalue weighted by atomic mass is 10.1. The molecule has 1 atom stereocenters. The minimum atomic E-state index is -3.71. The zero-order valence-electron chi connectivity index (χ0n) is 18.3. The summed E-state index contributed by atoms with van der Waals surface area (Å²) < 4.78 is 29.0. The van der Waals surface area contributed by atoms with Crippen molar-refractivity contribution in [2.75, 3.05) is 15.9 Å². The number of nitrogens with zero attached hydrogens (tertiary/aromatic N) is 2. The maximum absolute atomic E-state index is 13.2. The largest absolute Gasteiger partial charge is 0.324 e. The monoisotopic (exact) mass is 461 g/mol. The standard InChI is InChI=1S/C22H27N3O4S2/c1-6-18(25(31(5,28)29)17-11-14(3)10-15(4)12-17)21(26)23-16-8-9-19-20(13-16)30-22(27)24(19)7-2/h8-13,18H,6-7H2,1-5H3,(H,23,26)/t18-/m0/s1. The first-order valence-corrected chi connectivity index (χ1v) is 12.7. The molecule has 1 heterocycles. The van der Waals surface area contributed by atoms with Gasteiger partial charge in [-0.2, -0.15) is 0 Å². The number of aryl methyl sites for hydroxylation is 3. The van der Waals surface area contributed by atoms with Crippen molar-refractivity contribution in [3.8, 4) is 0 Å². The number of rotatable bonds is 7. The molecule has 0 saturated carbocycles. The van der Waals surface area contributed by atoms with E-state index in [1.54, 1.807) is 41.8 Å². The molecule has 1 amide bonds. The summed E-state index contributed by atoms with van der Waals surface area (Å²) in [5.41, 5.74) is 3.64. The van der Waals surface area contributed by atoms with E-state index in [0.29, 0.717) is 24.3 Å². The first kappa shape index (κ1) is 23.0. The minimum Gasteiger partial charge on any atom is -0.324 e. The number of carbonyl (C=O) groups is 1. The maximum Gasteiger partial charge on any atom is 0.308 e. The number of carbonyl (C=O) groups excluding carboxylic acids is 1. The molecular formula is C22H27N3O4S2. The van der Waals surface area contributed by atoms with Gasteiger partial charge in [0, 0.05) is 12.2 Å². The third-order valence-corrected chi connectivity index (χ3v) is 7.16. The van der Waals surface area contributed by atoms with E-state index in [-0.39, 0.29) is 4.87 Å². The highest BCUT2D eigenvalue weighted by Crippen LogP contribution is 2.27. The first-order valence-electron chi connectivity index (χ1n) is 10.1. The van der Waals surface area contributed by atoms with Gasteiger partial charge in [0.05, 0.1) is 22.2 Å². The Kier molecular flexibility index (Phi) is 6.56. The zero-order chi connectivity index (χ0) is 22.9. The fraction of sp³-hybridized carbons (Fsp3) is 0.364. The van der Waals surface area contributed by atoms with Crippen LogP contribution >= 0.6 is 11.3 Å². The van der Waals surface area contributed by atoms with Crippen molar-refractivity contribution in [3.05, 3.63) is 57.2 Å². The van der Waals surface area contributed by atoms with Crippen molar-refractivity contribution in [3.63, 3.8) is 0 Å². The lowest BCUT2D eigenvalue weighted by molar-refractivity contribution is -0.117. The topological polar surface area (TPSA) is 88.5 Å². The number of sulfonamides is 1. The SMILES string of the molecule is CC[C@@H](C(=O)Nc1ccc2c(c1)sc(=O)n2CC)N(c1cc(C)cc(C)c1)S(C)(=O)=O. The molecule has 3 rings (SSSR count). The number of hydrogen-bond donors (Lipinski definition) is 1. The lowest BCUT2D eigenvalue weighted by Crippen LogP contribution is -2.47. The summed E-state index contributed by atoms with van der Waals surface area (Å²) in [5.74, 6) is -0.422. The summed E-state index contributed by atoms with van der Waals surface area (Å²) in [6.07, 6.45) is 1.41. The van der Waals surface area contributed by atoms with Gasteiger partial charge in [-0.05, 0) is 68.7 Å². The van der Waals surface area contributed by atoms with Crippen LogP contribution in [0.5, 0.6) is 0 Å². The van der Waals surface area contributed by atoms with Gasteiger partial charge in [0.2, 0.25) is 15.9 Å². The van der Waals surface area contributed by atoms with E-state index in [1.165, 1.54) is 4.31 Å². The van der Waals surface area contributed by atoms with E-state index < -0.39 is 22.0 Å². The Labute approximate surface area is 186 Å². The van der Waals surface area contributed by atoms with E-state index in [1.807, 2.05) is 26.8 Å². The predicted molar refractivity (Wildman–Crippen MR) is 128 cm³/mol. The fourth-order valence-corrected chi connectivity index (χ4v) is 6.00. The smallest absolute Gasteiger partial charge is 0.308 e. The highest BCUT2D eigenvalue weighted by molar-refractivity contribution is 7.92. The average molecular weight is 462 g/mol. The number of anilines is 2. The number of thiazole rings is 1. The van der Waals surface area contributed by atoms with Crippen LogP contribution in [-0.4, -0.2) is 31.2 Å². The van der Waals surface area contributed by atoms with Crippen molar-refractivity contribution in [2.45, 2.75) is 46.7 Å². The highest BCUT2D eigenvalue weighted by Gasteiger charge is 2.32. The molecule has 1 N–H and O–H groups in total. The quantitative estimate of drug-likeness (QED) is 0.578. The second-order valence-corrected chi connectivity index (χ2v) is 10.5. The van der Waals surface area contributed by atoms with Crippen LogP contribution in [0.3, 0.4) is 0 Å². The molecule has 0 aliphatic carbocycles. The van der Waals surface area contributed by atoms with Gasteiger partial charge in [0.15, 0.2) is 0 Å². The van der Waals surface area contributed by atoms with Crippen molar-refractivity contribution in [1.29, 1.82) is 0 Å². The second kappa shape index (κ2) is 8.84. The Balaban J connectivity index is 1.97. The van der Waals surface area contributed by atoms with Crippen LogP contribution < -0.4 is 14.5 Å². The van der Waals surface area contributed by atoms with E-state index in [2.05, 4.69) is 5.32 Å². The molecule has 2 aromatic carbocycles. The third-order valence-electron chi connectivity index (χ3n) is 5.04. The van der Waals surface area contributed by atoms with Crippen molar-refractivity contribution in [2.24, 2.45) is 0 Å². The number of nitrogens with one attached hydrogen (secondary N) is 1. The molecule has 0 bridgehead atoms. The van der Waals surface area contributed by atoms with Gasteiger partial charge in [-0.25, -0.2) is 8.42 Å². The molecule has 1 aromatic heterocycles. The fourth-order valence-electron chi connectivity index (χ4n) is 3.81. The van der Waals surface area contributed by atoms with Gasteiger partial charge in [0.25, 0.3) is 0 Å². The van der Waals surface area contributed by atoms with Crippen molar-refractivity contribution >= 4 is 48.9 Å². The summed E-state index contributed by atoms with van der Waals surface area (Å²) in [6.45, 7) is 8.03. The number of aromatic nitrogens is 1. The molecule has 7 nitrogen and oxygen atoms in total. The second-order valence-electron chi connectivity index (χ2n) is 7.61. The van der Waals surface area contributed by atoms with Gasteiger partial charge in [-0.15, -0.1) is 0 Å². The molecule has 0 spiro atoms. The summed E-state index contributed by atoms with van der Waals surface area (Å²) in [7, 11) is -3.71. The molecule has 0 aliphatic heterocycles. The Morgan fingerprint density at radius 3 is 2.32 bits per heavy atom. The van der Waals surface area contributed by atoms with Crippen LogP contribution in [0.4, 0.5) is 11.4 Å². The summed E-state index contributed by atoms with van der Waals surface area (Å²) in [5, 5.41) is 2.83. The normalized spacial score (nSPS) is 12.7. The maximum atomic E-state index is 13.2. The number of fused-ring (bicyclic) bond motifs is 1. The highest BCUT2D eigenvalue weighted by atomic mass is 32.2. The Hall–Kier alpha value is -2.65. The van der Waals surface area contributed by atoms with Crippen LogP contribution in [0, 0.1) is 13.8 Å². The van der Waals surface area contributed by atoms with Gasteiger partial charge in [0.1, 0.15) is 6.04 Å². The zero-order valence-corrected chi connectivity index (χ0v) is 19.9. The number of amides is 1. The molecule has 0 aliphatic rings. The molecule has 0 unspecified atom stereocenters.